The Morgan fingerprint density at radius 1 is 1.09 bits per heavy atom. The van der Waals surface area contributed by atoms with Gasteiger partial charge in [-0.15, -0.1) is 0 Å². The van der Waals surface area contributed by atoms with Crippen LogP contribution in [0.3, 0.4) is 0 Å². The zero-order chi connectivity index (χ0) is 30.7. The molecule has 1 aromatic carbocycles. The fraction of sp³-hybridized carbons (Fsp3) is 0.323. The molecule has 0 fully saturated rings. The fourth-order valence-corrected chi connectivity index (χ4v) is 6.73. The van der Waals surface area contributed by atoms with Gasteiger partial charge in [-0.2, -0.15) is 0 Å². The van der Waals surface area contributed by atoms with E-state index in [0.717, 1.165) is 17.8 Å². The smallest absolute Gasteiger partial charge is 0.338 e. The fourth-order valence-electron chi connectivity index (χ4n) is 4.89. The Labute approximate surface area is 256 Å². The van der Waals surface area contributed by atoms with E-state index >= 15 is 0 Å². The van der Waals surface area contributed by atoms with E-state index < -0.39 is 12.0 Å². The number of esters is 1. The van der Waals surface area contributed by atoms with Gasteiger partial charge in [-0.25, -0.2) is 19.8 Å². The highest BCUT2D eigenvalue weighted by molar-refractivity contribution is 7.99. The topological polar surface area (TPSA) is 118 Å². The Hall–Kier alpha value is -4.16. The number of methoxy groups -OCH3 is 2. The number of hydrogen-bond acceptors (Lipinski definition) is 11. The lowest BCUT2D eigenvalue weighted by molar-refractivity contribution is -0.139. The van der Waals surface area contributed by atoms with E-state index in [9.17, 15) is 9.59 Å². The number of rotatable bonds is 10. The molecule has 4 heterocycles. The second-order valence-corrected chi connectivity index (χ2v) is 11.7. The molecule has 0 unspecified atom stereocenters. The molecule has 0 aliphatic carbocycles. The van der Waals surface area contributed by atoms with Crippen LogP contribution >= 0.6 is 23.1 Å². The summed E-state index contributed by atoms with van der Waals surface area (Å²) in [6.07, 6.45) is 2.96. The van der Waals surface area contributed by atoms with Crippen molar-refractivity contribution in [3.8, 4) is 11.5 Å². The summed E-state index contributed by atoms with van der Waals surface area (Å²) in [7, 11) is 3.11. The quantitative estimate of drug-likeness (QED) is 0.183. The first-order valence-corrected chi connectivity index (χ1v) is 15.4. The first-order chi connectivity index (χ1) is 20.8. The van der Waals surface area contributed by atoms with E-state index in [0.29, 0.717) is 60.1 Å². The molecule has 1 aliphatic rings. The van der Waals surface area contributed by atoms with Crippen LogP contribution in [0.15, 0.2) is 72.1 Å². The van der Waals surface area contributed by atoms with Crippen molar-refractivity contribution in [2.24, 2.45) is 4.99 Å². The van der Waals surface area contributed by atoms with E-state index in [4.69, 9.17) is 23.6 Å². The standard InChI is InChI=1S/C31H32N4O6S2/c1-7-9-22-26(29(37)40-8-2)27(21-15-19(38-5)10-12-23(21)39-6)35-28(36)24(42-31(35)34-22)16-20-11-13-25(41-20)43-30-32-17(3)14-18(4)33-30/h10-16,27H,7-9H2,1-6H3/b24-16-/t27-/m1/s1. The van der Waals surface area contributed by atoms with Gasteiger partial charge in [0.05, 0.1) is 36.6 Å². The number of ether oxygens (including phenoxy) is 3. The van der Waals surface area contributed by atoms with Gasteiger partial charge < -0.3 is 18.6 Å². The predicted molar refractivity (Wildman–Crippen MR) is 164 cm³/mol. The minimum Gasteiger partial charge on any atom is -0.497 e. The summed E-state index contributed by atoms with van der Waals surface area (Å²) >= 11 is 2.54. The van der Waals surface area contributed by atoms with Crippen LogP contribution in [0, 0.1) is 13.8 Å². The highest BCUT2D eigenvalue weighted by atomic mass is 32.2. The maximum absolute atomic E-state index is 14.1. The number of aryl methyl sites for hydroxylation is 2. The molecule has 0 saturated carbocycles. The maximum Gasteiger partial charge on any atom is 0.338 e. The lowest BCUT2D eigenvalue weighted by Gasteiger charge is -2.27. The summed E-state index contributed by atoms with van der Waals surface area (Å²) in [5.41, 5.74) is 2.89. The zero-order valence-electron chi connectivity index (χ0n) is 24.8. The molecule has 0 radical (unpaired) electrons. The Kier molecular flexibility index (Phi) is 9.16. The minimum atomic E-state index is -0.839. The van der Waals surface area contributed by atoms with Crippen LogP contribution in [0.25, 0.3) is 6.08 Å². The van der Waals surface area contributed by atoms with Crippen LogP contribution in [-0.2, 0) is 9.53 Å². The Balaban J connectivity index is 1.66. The number of furan rings is 1. The third-order valence-corrected chi connectivity index (χ3v) is 8.42. The number of hydrogen-bond donors (Lipinski definition) is 0. The van der Waals surface area contributed by atoms with Gasteiger partial charge in [0.25, 0.3) is 5.56 Å². The summed E-state index contributed by atoms with van der Waals surface area (Å²) < 4.78 is 24.6. The minimum absolute atomic E-state index is 0.181. The molecule has 0 spiro atoms. The van der Waals surface area contributed by atoms with E-state index in [1.807, 2.05) is 32.9 Å². The Bertz CT molecular complexity index is 1870. The van der Waals surface area contributed by atoms with E-state index in [2.05, 4.69) is 9.97 Å². The molecule has 1 atom stereocenters. The van der Waals surface area contributed by atoms with Crippen molar-refractivity contribution in [3.05, 3.63) is 90.1 Å². The normalized spacial score (nSPS) is 14.8. The highest BCUT2D eigenvalue weighted by Gasteiger charge is 2.36. The second kappa shape index (κ2) is 13.0. The summed E-state index contributed by atoms with van der Waals surface area (Å²) in [5.74, 6) is 1.02. The van der Waals surface area contributed by atoms with Crippen LogP contribution in [-0.4, -0.2) is 41.3 Å². The molecule has 1 aliphatic heterocycles. The Morgan fingerprint density at radius 2 is 1.86 bits per heavy atom. The van der Waals surface area contributed by atoms with Gasteiger partial charge in [0.1, 0.15) is 23.3 Å². The first kappa shape index (κ1) is 30.3. The zero-order valence-corrected chi connectivity index (χ0v) is 26.4. The highest BCUT2D eigenvalue weighted by Crippen LogP contribution is 2.38. The van der Waals surface area contributed by atoms with Gasteiger partial charge in [0.2, 0.25) is 0 Å². The molecule has 0 amide bonds. The van der Waals surface area contributed by atoms with Crippen LogP contribution in [0.2, 0.25) is 0 Å². The van der Waals surface area contributed by atoms with Crippen molar-refractivity contribution in [1.82, 2.24) is 14.5 Å². The first-order valence-electron chi connectivity index (χ1n) is 13.8. The van der Waals surface area contributed by atoms with Gasteiger partial charge in [0.15, 0.2) is 15.1 Å². The number of thiazole rings is 1. The second-order valence-electron chi connectivity index (χ2n) is 9.71. The average Bonchev–Trinajstić information content (AvgIpc) is 3.54. The van der Waals surface area contributed by atoms with Crippen LogP contribution in [0.5, 0.6) is 11.5 Å². The van der Waals surface area contributed by atoms with Crippen molar-refractivity contribution in [3.63, 3.8) is 0 Å². The number of fused-ring (bicyclic) bond motifs is 1. The van der Waals surface area contributed by atoms with E-state index in [1.165, 1.54) is 27.7 Å². The number of carbonyl (C=O) groups excluding carboxylic acids is 1. The molecule has 3 aromatic heterocycles. The number of nitrogens with zero attached hydrogens (tertiary/aromatic N) is 4. The number of benzene rings is 1. The van der Waals surface area contributed by atoms with Gasteiger partial charge in [-0.05, 0) is 75.4 Å². The van der Waals surface area contributed by atoms with Gasteiger partial charge in [-0.3, -0.25) is 9.36 Å². The lowest BCUT2D eigenvalue weighted by atomic mass is 9.93. The molecule has 5 rings (SSSR count). The summed E-state index contributed by atoms with van der Waals surface area (Å²) in [6, 6.07) is 9.98. The van der Waals surface area contributed by atoms with Crippen molar-refractivity contribution in [2.45, 2.75) is 56.8 Å². The summed E-state index contributed by atoms with van der Waals surface area (Å²) in [5, 5.41) is 1.18. The van der Waals surface area contributed by atoms with Gasteiger partial charge >= 0.3 is 5.97 Å². The van der Waals surface area contributed by atoms with Crippen molar-refractivity contribution < 1.29 is 23.4 Å². The van der Waals surface area contributed by atoms with Crippen molar-refractivity contribution >= 4 is 35.1 Å². The molecular weight excluding hydrogens is 588 g/mol. The summed E-state index contributed by atoms with van der Waals surface area (Å²) in [6.45, 7) is 7.77. The molecule has 43 heavy (non-hydrogen) atoms. The van der Waals surface area contributed by atoms with Crippen LogP contribution in [0.1, 0.15) is 55.4 Å². The third-order valence-electron chi connectivity index (χ3n) is 6.65. The van der Waals surface area contributed by atoms with Gasteiger partial charge in [-0.1, -0.05) is 24.7 Å². The molecule has 0 bridgehead atoms. The SMILES string of the molecule is CCCC1=C(C(=O)OCC)[C@@H](c2cc(OC)ccc2OC)n2c(s/c(=C\c3ccc(Sc4nc(C)cc(C)n4)o3)c2=O)=N1. The van der Waals surface area contributed by atoms with E-state index in [-0.39, 0.29) is 12.2 Å². The summed E-state index contributed by atoms with van der Waals surface area (Å²) in [4.78, 5) is 41.8. The van der Waals surface area contributed by atoms with Crippen molar-refractivity contribution in [2.75, 3.05) is 20.8 Å². The molecule has 0 N–H and O–H groups in total. The maximum atomic E-state index is 14.1. The molecule has 4 aromatic rings. The molecular formula is C31H32N4O6S2. The Morgan fingerprint density at radius 3 is 2.53 bits per heavy atom. The lowest BCUT2D eigenvalue weighted by Crippen LogP contribution is -2.40. The molecule has 10 nitrogen and oxygen atoms in total. The average molecular weight is 621 g/mol. The number of carbonyl (C=O) groups is 1. The van der Waals surface area contributed by atoms with E-state index in [1.54, 1.807) is 51.5 Å². The van der Waals surface area contributed by atoms with Crippen LogP contribution in [0.4, 0.5) is 0 Å². The van der Waals surface area contributed by atoms with Crippen LogP contribution < -0.4 is 24.4 Å². The largest absolute Gasteiger partial charge is 0.497 e. The molecule has 12 heteroatoms. The number of aromatic nitrogens is 3. The predicted octanol–water partition coefficient (Wildman–Crippen LogP) is 4.75. The molecule has 0 saturated heterocycles. The third kappa shape index (κ3) is 6.30. The van der Waals surface area contributed by atoms with Gasteiger partial charge in [0, 0.05) is 23.0 Å². The monoisotopic (exact) mass is 620 g/mol. The molecule has 224 valence electrons. The van der Waals surface area contributed by atoms with Crippen molar-refractivity contribution in [1.29, 1.82) is 0 Å². The number of allylic oxidation sites excluding steroid dienone is 1.